The predicted octanol–water partition coefficient (Wildman–Crippen LogP) is 2.27. The molecule has 80 valence electrons. The first-order chi connectivity index (χ1) is 7.09. The molecule has 1 aromatic carbocycles. The first-order valence-corrected chi connectivity index (χ1v) is 5.62. The normalized spacial score (nSPS) is 13.9. The summed E-state index contributed by atoms with van der Waals surface area (Å²) in [6, 6.07) is 1.82. The number of phenolic OH excluding ortho intramolecular Hbond substituents is 1. The van der Waals surface area contributed by atoms with Gasteiger partial charge in [0.1, 0.15) is 5.75 Å². The predicted molar refractivity (Wildman–Crippen MR) is 59.2 cm³/mol. The molecular formula is C11H11BrO3. The van der Waals surface area contributed by atoms with Crippen molar-refractivity contribution in [2.45, 2.75) is 25.7 Å². The molecule has 1 aromatic rings. The van der Waals surface area contributed by atoms with Crippen LogP contribution in [0.4, 0.5) is 0 Å². The second-order valence-electron chi connectivity index (χ2n) is 3.76. The molecule has 1 aliphatic carbocycles. The van der Waals surface area contributed by atoms with E-state index in [0.717, 1.165) is 30.4 Å². The lowest BCUT2D eigenvalue weighted by Gasteiger charge is -2.09. The highest BCUT2D eigenvalue weighted by Crippen LogP contribution is 2.38. The summed E-state index contributed by atoms with van der Waals surface area (Å²) < 4.78 is 0.675. The molecule has 0 fully saturated rings. The van der Waals surface area contributed by atoms with Crippen LogP contribution in [-0.2, 0) is 24.1 Å². The van der Waals surface area contributed by atoms with Gasteiger partial charge in [-0.05, 0) is 46.3 Å². The van der Waals surface area contributed by atoms with Gasteiger partial charge in [-0.3, -0.25) is 4.79 Å². The van der Waals surface area contributed by atoms with E-state index in [1.807, 2.05) is 6.07 Å². The minimum Gasteiger partial charge on any atom is -0.506 e. The van der Waals surface area contributed by atoms with Crippen molar-refractivity contribution in [3.8, 4) is 5.75 Å². The van der Waals surface area contributed by atoms with E-state index in [0.29, 0.717) is 10.0 Å². The molecule has 2 rings (SSSR count). The summed E-state index contributed by atoms with van der Waals surface area (Å²) in [5.41, 5.74) is 2.78. The summed E-state index contributed by atoms with van der Waals surface area (Å²) >= 11 is 3.33. The molecule has 0 spiro atoms. The molecular weight excluding hydrogens is 260 g/mol. The van der Waals surface area contributed by atoms with Gasteiger partial charge in [0.25, 0.3) is 0 Å². The Morgan fingerprint density at radius 3 is 2.87 bits per heavy atom. The Bertz CT molecular complexity index is 426. The van der Waals surface area contributed by atoms with Gasteiger partial charge < -0.3 is 10.2 Å². The van der Waals surface area contributed by atoms with Crippen LogP contribution in [0.3, 0.4) is 0 Å². The van der Waals surface area contributed by atoms with E-state index in [9.17, 15) is 9.90 Å². The summed E-state index contributed by atoms with van der Waals surface area (Å²) in [7, 11) is 0. The molecule has 0 aromatic heterocycles. The molecule has 4 heteroatoms. The van der Waals surface area contributed by atoms with Crippen molar-refractivity contribution in [2.24, 2.45) is 0 Å². The minimum atomic E-state index is -0.921. The number of aromatic hydroxyl groups is 1. The average Bonchev–Trinajstić information content (AvgIpc) is 2.61. The van der Waals surface area contributed by atoms with Gasteiger partial charge in [-0.1, -0.05) is 6.07 Å². The lowest BCUT2D eigenvalue weighted by Crippen LogP contribution is -2.02. The van der Waals surface area contributed by atoms with Crippen LogP contribution >= 0.6 is 15.9 Å². The Kier molecular flexibility index (Phi) is 2.69. The fourth-order valence-corrected chi connectivity index (χ4v) is 2.74. The molecule has 0 atom stereocenters. The molecule has 2 N–H and O–H groups in total. The van der Waals surface area contributed by atoms with Crippen LogP contribution in [0.5, 0.6) is 5.75 Å². The van der Waals surface area contributed by atoms with Crippen LogP contribution in [0.2, 0.25) is 0 Å². The average molecular weight is 271 g/mol. The van der Waals surface area contributed by atoms with E-state index in [1.165, 1.54) is 0 Å². The van der Waals surface area contributed by atoms with Gasteiger partial charge >= 0.3 is 5.97 Å². The lowest BCUT2D eigenvalue weighted by molar-refractivity contribution is -0.136. The van der Waals surface area contributed by atoms with Crippen LogP contribution in [0, 0.1) is 0 Å². The summed E-state index contributed by atoms with van der Waals surface area (Å²) in [6.45, 7) is 0. The molecule has 0 saturated carbocycles. The SMILES string of the molecule is O=C(O)Cc1cc2c(c(Br)c1O)CCC2. The van der Waals surface area contributed by atoms with Gasteiger partial charge in [-0.2, -0.15) is 0 Å². The van der Waals surface area contributed by atoms with Gasteiger partial charge in [0.05, 0.1) is 10.9 Å². The minimum absolute atomic E-state index is 0.0815. The highest BCUT2D eigenvalue weighted by molar-refractivity contribution is 9.10. The number of fused-ring (bicyclic) bond motifs is 1. The standard InChI is InChI=1S/C11H11BrO3/c12-10-8-3-1-2-6(8)4-7(11(10)15)5-9(13)14/h4,15H,1-3,5H2,(H,13,14). The van der Waals surface area contributed by atoms with Crippen molar-refractivity contribution in [2.75, 3.05) is 0 Å². The third kappa shape index (κ3) is 1.86. The first kappa shape index (κ1) is 10.5. The van der Waals surface area contributed by atoms with Crippen LogP contribution in [0.1, 0.15) is 23.1 Å². The van der Waals surface area contributed by atoms with E-state index in [-0.39, 0.29) is 12.2 Å². The van der Waals surface area contributed by atoms with Gasteiger partial charge in [0, 0.05) is 5.56 Å². The van der Waals surface area contributed by atoms with Crippen LogP contribution < -0.4 is 0 Å². The summed E-state index contributed by atoms with van der Waals surface area (Å²) in [6.07, 6.45) is 2.87. The Hall–Kier alpha value is -1.03. The third-order valence-electron chi connectivity index (χ3n) is 2.73. The Morgan fingerprint density at radius 1 is 1.47 bits per heavy atom. The number of carbonyl (C=O) groups is 1. The maximum absolute atomic E-state index is 10.6. The van der Waals surface area contributed by atoms with E-state index < -0.39 is 5.97 Å². The highest BCUT2D eigenvalue weighted by atomic mass is 79.9. The van der Waals surface area contributed by atoms with Crippen molar-refractivity contribution in [1.29, 1.82) is 0 Å². The number of benzene rings is 1. The molecule has 0 bridgehead atoms. The van der Waals surface area contributed by atoms with Crippen LogP contribution in [0.25, 0.3) is 0 Å². The number of halogens is 1. The Balaban J connectivity index is 2.49. The van der Waals surface area contributed by atoms with Crippen LogP contribution in [-0.4, -0.2) is 16.2 Å². The van der Waals surface area contributed by atoms with Gasteiger partial charge in [-0.15, -0.1) is 0 Å². The maximum Gasteiger partial charge on any atom is 0.307 e. The second kappa shape index (κ2) is 3.85. The highest BCUT2D eigenvalue weighted by Gasteiger charge is 2.20. The second-order valence-corrected chi connectivity index (χ2v) is 4.55. The van der Waals surface area contributed by atoms with Crippen molar-refractivity contribution < 1.29 is 15.0 Å². The number of carboxylic acid groups (broad SMARTS) is 1. The summed E-state index contributed by atoms with van der Waals surface area (Å²) in [4.78, 5) is 10.6. The quantitative estimate of drug-likeness (QED) is 0.867. The van der Waals surface area contributed by atoms with Gasteiger partial charge in [0.15, 0.2) is 0 Å². The molecule has 0 aliphatic heterocycles. The lowest BCUT2D eigenvalue weighted by atomic mass is 10.0. The zero-order valence-electron chi connectivity index (χ0n) is 8.09. The Labute approximate surface area is 95.9 Å². The smallest absolute Gasteiger partial charge is 0.307 e. The zero-order chi connectivity index (χ0) is 11.0. The topological polar surface area (TPSA) is 57.5 Å². The number of phenols is 1. The first-order valence-electron chi connectivity index (χ1n) is 4.83. The summed E-state index contributed by atoms with van der Waals surface area (Å²) in [5, 5.41) is 18.5. The third-order valence-corrected chi connectivity index (χ3v) is 3.58. The molecule has 3 nitrogen and oxygen atoms in total. The van der Waals surface area contributed by atoms with Gasteiger partial charge in [0.2, 0.25) is 0 Å². The molecule has 1 aliphatic rings. The van der Waals surface area contributed by atoms with E-state index >= 15 is 0 Å². The van der Waals surface area contributed by atoms with E-state index in [4.69, 9.17) is 5.11 Å². The van der Waals surface area contributed by atoms with Gasteiger partial charge in [-0.25, -0.2) is 0 Å². The number of hydrogen-bond donors (Lipinski definition) is 2. The molecule has 0 saturated heterocycles. The van der Waals surface area contributed by atoms with Crippen molar-refractivity contribution in [3.63, 3.8) is 0 Å². The molecule has 0 heterocycles. The zero-order valence-corrected chi connectivity index (χ0v) is 9.67. The number of aliphatic carboxylic acids is 1. The fourth-order valence-electron chi connectivity index (χ4n) is 2.04. The number of hydrogen-bond acceptors (Lipinski definition) is 2. The van der Waals surface area contributed by atoms with Crippen molar-refractivity contribution >= 4 is 21.9 Å². The fraction of sp³-hybridized carbons (Fsp3) is 0.364. The maximum atomic E-state index is 10.6. The monoisotopic (exact) mass is 270 g/mol. The molecule has 0 unspecified atom stereocenters. The molecule has 0 amide bonds. The van der Waals surface area contributed by atoms with E-state index in [1.54, 1.807) is 0 Å². The number of carboxylic acids is 1. The number of rotatable bonds is 2. The Morgan fingerprint density at radius 2 is 2.20 bits per heavy atom. The number of aryl methyl sites for hydroxylation is 1. The molecule has 0 radical (unpaired) electrons. The molecule has 15 heavy (non-hydrogen) atoms. The van der Waals surface area contributed by atoms with Crippen molar-refractivity contribution in [3.05, 3.63) is 27.2 Å². The van der Waals surface area contributed by atoms with Crippen molar-refractivity contribution in [1.82, 2.24) is 0 Å². The largest absolute Gasteiger partial charge is 0.506 e. The van der Waals surface area contributed by atoms with Crippen LogP contribution in [0.15, 0.2) is 10.5 Å². The van der Waals surface area contributed by atoms with E-state index in [2.05, 4.69) is 15.9 Å². The summed E-state index contributed by atoms with van der Waals surface area (Å²) in [5.74, 6) is -0.840.